The largest absolute Gasteiger partial charge is 0.350 e. The molecule has 0 saturated heterocycles. The van der Waals surface area contributed by atoms with Crippen molar-refractivity contribution in [3.05, 3.63) is 64.1 Å². The van der Waals surface area contributed by atoms with Crippen LogP contribution in [0.5, 0.6) is 0 Å². The lowest BCUT2D eigenvalue weighted by atomic mass is 9.77. The van der Waals surface area contributed by atoms with Crippen molar-refractivity contribution >= 4 is 33.4 Å². The number of amides is 2. The van der Waals surface area contributed by atoms with E-state index < -0.39 is 0 Å². The fourth-order valence-corrected chi connectivity index (χ4v) is 4.27. The van der Waals surface area contributed by atoms with E-state index in [2.05, 4.69) is 50.8 Å². The van der Waals surface area contributed by atoms with Crippen LogP contribution < -0.4 is 10.6 Å². The Labute approximate surface area is 175 Å². The molecule has 1 saturated carbocycles. The highest BCUT2D eigenvalue weighted by Crippen LogP contribution is 2.32. The zero-order chi connectivity index (χ0) is 20.0. The molecule has 0 radical (unpaired) electrons. The zero-order valence-electron chi connectivity index (χ0n) is 16.3. The van der Waals surface area contributed by atoms with Crippen molar-refractivity contribution in [3.8, 4) is 0 Å². The molecule has 1 aliphatic rings. The van der Waals surface area contributed by atoms with E-state index in [-0.39, 0.29) is 17.4 Å². The first-order valence-corrected chi connectivity index (χ1v) is 10.7. The van der Waals surface area contributed by atoms with Crippen molar-refractivity contribution in [3.63, 3.8) is 0 Å². The van der Waals surface area contributed by atoms with Gasteiger partial charge in [-0.3, -0.25) is 9.59 Å². The molecule has 1 aliphatic carbocycles. The van der Waals surface area contributed by atoms with E-state index in [0.717, 1.165) is 47.8 Å². The normalized spacial score (nSPS) is 15.6. The van der Waals surface area contributed by atoms with Gasteiger partial charge in [-0.2, -0.15) is 0 Å². The number of hydrogen-bond acceptors (Lipinski definition) is 2. The van der Waals surface area contributed by atoms with E-state index in [1.54, 1.807) is 0 Å². The number of nitrogens with one attached hydrogen (secondary N) is 2. The maximum absolute atomic E-state index is 12.8. The third kappa shape index (κ3) is 5.93. The second-order valence-corrected chi connectivity index (χ2v) is 8.66. The van der Waals surface area contributed by atoms with E-state index in [9.17, 15) is 9.59 Å². The van der Waals surface area contributed by atoms with Crippen molar-refractivity contribution in [1.29, 1.82) is 0 Å². The second kappa shape index (κ2) is 9.37. The Balaban J connectivity index is 1.65. The number of benzene rings is 2. The summed E-state index contributed by atoms with van der Waals surface area (Å²) in [6.45, 7) is 1.48. The maximum atomic E-state index is 12.8. The molecule has 0 heterocycles. The minimum atomic E-state index is -0.153. The molecule has 0 spiro atoms. The molecule has 2 N–H and O–H groups in total. The van der Waals surface area contributed by atoms with Crippen molar-refractivity contribution in [2.75, 3.05) is 5.32 Å². The molecule has 2 amide bonds. The Morgan fingerprint density at radius 2 is 1.54 bits per heavy atom. The van der Waals surface area contributed by atoms with Crippen molar-refractivity contribution < 1.29 is 9.59 Å². The molecule has 3 rings (SSSR count). The molecular weight excluding hydrogens is 416 g/mol. The summed E-state index contributed by atoms with van der Waals surface area (Å²) in [5, 5.41) is 6.12. The summed E-state index contributed by atoms with van der Waals surface area (Å²) < 4.78 is 1.07. The van der Waals surface area contributed by atoms with Gasteiger partial charge in [0.15, 0.2) is 0 Å². The van der Waals surface area contributed by atoms with Gasteiger partial charge < -0.3 is 10.6 Å². The average molecular weight is 443 g/mol. The molecule has 0 aromatic heterocycles. The van der Waals surface area contributed by atoms with Crippen molar-refractivity contribution in [2.24, 2.45) is 0 Å². The van der Waals surface area contributed by atoms with Crippen LogP contribution in [0.25, 0.3) is 0 Å². The van der Waals surface area contributed by atoms with Gasteiger partial charge in [0.05, 0.1) is 6.42 Å². The van der Waals surface area contributed by atoms with Gasteiger partial charge in [0, 0.05) is 22.6 Å². The zero-order valence-corrected chi connectivity index (χ0v) is 17.8. The van der Waals surface area contributed by atoms with E-state index in [1.165, 1.54) is 18.9 Å². The molecule has 148 valence electrons. The predicted molar refractivity (Wildman–Crippen MR) is 116 cm³/mol. The first-order valence-electron chi connectivity index (χ1n) is 9.86. The number of carbonyl (C=O) groups is 2. The first-order chi connectivity index (χ1) is 13.4. The lowest BCUT2D eigenvalue weighted by molar-refractivity contribution is -0.122. The molecule has 4 nitrogen and oxygen atoms in total. The minimum absolute atomic E-state index is 0.0614. The summed E-state index contributed by atoms with van der Waals surface area (Å²) in [6.07, 6.45) is 6.81. The fourth-order valence-electron chi connectivity index (χ4n) is 4.00. The quantitative estimate of drug-likeness (QED) is 0.660. The molecule has 1 fully saturated rings. The maximum Gasteiger partial charge on any atom is 0.224 e. The molecule has 5 heteroatoms. The Morgan fingerprint density at radius 1 is 0.929 bits per heavy atom. The summed E-state index contributed by atoms with van der Waals surface area (Å²) in [7, 11) is 0. The molecule has 2 aromatic carbocycles. The Morgan fingerprint density at radius 3 is 2.14 bits per heavy atom. The van der Waals surface area contributed by atoms with E-state index in [4.69, 9.17) is 0 Å². The lowest BCUT2D eigenvalue weighted by Crippen LogP contribution is -2.51. The molecule has 28 heavy (non-hydrogen) atoms. The highest BCUT2D eigenvalue weighted by Gasteiger charge is 2.33. The number of halogens is 1. The molecule has 0 atom stereocenters. The van der Waals surface area contributed by atoms with E-state index >= 15 is 0 Å². The van der Waals surface area contributed by atoms with Crippen LogP contribution in [0.2, 0.25) is 0 Å². The summed E-state index contributed by atoms with van der Waals surface area (Å²) in [6, 6.07) is 15.8. The third-order valence-corrected chi connectivity index (χ3v) is 5.84. The van der Waals surface area contributed by atoms with Gasteiger partial charge in [-0.1, -0.05) is 59.5 Å². The van der Waals surface area contributed by atoms with Gasteiger partial charge in [0.1, 0.15) is 0 Å². The van der Waals surface area contributed by atoms with Crippen LogP contribution in [0.3, 0.4) is 0 Å². The highest BCUT2D eigenvalue weighted by atomic mass is 79.9. The van der Waals surface area contributed by atoms with Gasteiger partial charge in [0.2, 0.25) is 11.8 Å². The van der Waals surface area contributed by atoms with Crippen LogP contribution >= 0.6 is 15.9 Å². The average Bonchev–Trinajstić information content (AvgIpc) is 2.65. The molecule has 2 aromatic rings. The summed E-state index contributed by atoms with van der Waals surface area (Å²) in [5.41, 5.74) is 2.79. The van der Waals surface area contributed by atoms with Crippen molar-refractivity contribution in [1.82, 2.24) is 5.32 Å². The smallest absolute Gasteiger partial charge is 0.224 e. The van der Waals surface area contributed by atoms with Crippen LogP contribution in [-0.2, 0) is 22.4 Å². The predicted octanol–water partition coefficient (Wildman–Crippen LogP) is 5.01. The van der Waals surface area contributed by atoms with Gasteiger partial charge >= 0.3 is 0 Å². The van der Waals surface area contributed by atoms with Crippen LogP contribution in [0, 0.1) is 0 Å². The SMILES string of the molecule is CC(=O)Nc1ccc(CC(=O)NC2(Cc3ccc(Br)cc3)CCCCC2)cc1. The summed E-state index contributed by atoms with van der Waals surface area (Å²) in [4.78, 5) is 23.9. The molecule has 0 aliphatic heterocycles. The number of anilines is 1. The summed E-state index contributed by atoms with van der Waals surface area (Å²) in [5.74, 6) is -0.0380. The number of hydrogen-bond donors (Lipinski definition) is 2. The number of rotatable bonds is 6. The molecule has 0 bridgehead atoms. The Bertz CT molecular complexity index is 810. The lowest BCUT2D eigenvalue weighted by Gasteiger charge is -2.38. The highest BCUT2D eigenvalue weighted by molar-refractivity contribution is 9.10. The third-order valence-electron chi connectivity index (χ3n) is 5.31. The monoisotopic (exact) mass is 442 g/mol. The minimum Gasteiger partial charge on any atom is -0.350 e. The first kappa shape index (κ1) is 20.6. The Hall–Kier alpha value is -2.14. The van der Waals surface area contributed by atoms with Gasteiger partial charge in [-0.05, 0) is 54.7 Å². The molecular formula is C23H27BrN2O2. The summed E-state index contributed by atoms with van der Waals surface area (Å²) >= 11 is 3.49. The standard InChI is InChI=1S/C23H27BrN2O2/c1-17(27)25-21-11-7-18(8-12-21)15-22(28)26-23(13-3-2-4-14-23)16-19-5-9-20(24)10-6-19/h5-12H,2-4,13-16H2,1H3,(H,25,27)(H,26,28). The van der Waals surface area contributed by atoms with Gasteiger partial charge in [-0.25, -0.2) is 0 Å². The van der Waals surface area contributed by atoms with Crippen molar-refractivity contribution in [2.45, 2.75) is 57.4 Å². The van der Waals surface area contributed by atoms with Crippen LogP contribution in [0.4, 0.5) is 5.69 Å². The van der Waals surface area contributed by atoms with Crippen LogP contribution in [0.1, 0.15) is 50.2 Å². The van der Waals surface area contributed by atoms with E-state index in [0.29, 0.717) is 6.42 Å². The second-order valence-electron chi connectivity index (χ2n) is 7.75. The van der Waals surface area contributed by atoms with Crippen LogP contribution in [-0.4, -0.2) is 17.4 Å². The van der Waals surface area contributed by atoms with Gasteiger partial charge in [0.25, 0.3) is 0 Å². The number of carbonyl (C=O) groups excluding carboxylic acids is 2. The van der Waals surface area contributed by atoms with E-state index in [1.807, 2.05) is 24.3 Å². The molecule has 0 unspecified atom stereocenters. The fraction of sp³-hybridized carbons (Fsp3) is 0.391. The van der Waals surface area contributed by atoms with Crippen LogP contribution in [0.15, 0.2) is 53.0 Å². The Kier molecular flexibility index (Phi) is 6.89. The van der Waals surface area contributed by atoms with Gasteiger partial charge in [-0.15, -0.1) is 0 Å². The topological polar surface area (TPSA) is 58.2 Å².